The van der Waals surface area contributed by atoms with Gasteiger partial charge in [0.2, 0.25) is 35.4 Å². The van der Waals surface area contributed by atoms with Crippen LogP contribution in [0.2, 0.25) is 0 Å². The molecule has 0 aliphatic heterocycles. The molecule has 1 aromatic heterocycles. The SMILES string of the molecule is CC[C@H](C)[C@H](NC(=O)[C@H](CC1CCCCC1)NC(=O)[C@@H](NC(=O)[C@@H](N)CCCN)c1ccccc1)C(=O)N[C@H](Cc1ccccc1)C(=O)N[C@@H](Cc1cn(Cc2ccccc2)cn1)C(N)=O. The second-order valence-corrected chi connectivity index (χ2v) is 17.5. The number of primary amides is 1. The van der Waals surface area contributed by atoms with Crippen LogP contribution >= 0.6 is 0 Å². The smallest absolute Gasteiger partial charge is 0.247 e. The summed E-state index contributed by atoms with van der Waals surface area (Å²) in [6.45, 7) is 4.63. The van der Waals surface area contributed by atoms with Gasteiger partial charge in [-0.1, -0.05) is 143 Å². The standard InChI is InChI=1S/C50H68N10O6/c1-3-33(2)43(58-48(64)42(28-35-19-10-5-11-20-35)57-50(66)44(37-23-14-7-15-24-37)59-46(62)39(52)25-16-26-51)49(65)56-41(27-34-17-8-4-9-18-34)47(63)55-40(45(53)61)29-38-31-60(32-54-38)30-36-21-12-6-13-22-36/h4,6-9,12-15,17-18,21-24,31-33,35,39-44H,3,5,10-11,16,19-20,25-30,51-52H2,1-2H3,(H2,53,61)(H,55,63)(H,56,65)(H,57,66)(H,58,64)(H,59,62)/t33-,39-,40-,41+,42-,43-,44-/m0/s1. The molecule has 0 bridgehead atoms. The zero-order chi connectivity index (χ0) is 47.4. The first kappa shape index (κ1) is 50.6. The van der Waals surface area contributed by atoms with E-state index in [0.717, 1.165) is 43.2 Å². The minimum atomic E-state index is -1.18. The van der Waals surface area contributed by atoms with Crippen LogP contribution in [0.4, 0.5) is 0 Å². The predicted octanol–water partition coefficient (Wildman–Crippen LogP) is 3.08. The van der Waals surface area contributed by atoms with Crippen molar-refractivity contribution in [3.8, 4) is 0 Å². The molecule has 4 aromatic rings. The molecule has 354 valence electrons. The van der Waals surface area contributed by atoms with Gasteiger partial charge in [-0.15, -0.1) is 0 Å². The molecule has 16 nitrogen and oxygen atoms in total. The number of nitrogens with one attached hydrogen (secondary N) is 5. The molecule has 6 amide bonds. The van der Waals surface area contributed by atoms with E-state index in [1.54, 1.807) is 42.9 Å². The molecule has 1 aliphatic rings. The summed E-state index contributed by atoms with van der Waals surface area (Å²) >= 11 is 0. The summed E-state index contributed by atoms with van der Waals surface area (Å²) in [5.74, 6) is -4.01. The lowest BCUT2D eigenvalue weighted by molar-refractivity contribution is -0.136. The van der Waals surface area contributed by atoms with Crippen molar-refractivity contribution < 1.29 is 28.8 Å². The number of amides is 6. The molecule has 0 spiro atoms. The van der Waals surface area contributed by atoms with Crippen molar-refractivity contribution in [2.24, 2.45) is 29.0 Å². The third kappa shape index (κ3) is 15.7. The van der Waals surface area contributed by atoms with Crippen LogP contribution in [0.1, 0.15) is 100 Å². The fourth-order valence-electron chi connectivity index (χ4n) is 8.28. The molecular weight excluding hydrogens is 837 g/mol. The highest BCUT2D eigenvalue weighted by Gasteiger charge is 2.36. The zero-order valence-corrected chi connectivity index (χ0v) is 38.2. The lowest BCUT2D eigenvalue weighted by atomic mass is 9.84. The van der Waals surface area contributed by atoms with Gasteiger partial charge in [-0.05, 0) is 54.3 Å². The van der Waals surface area contributed by atoms with Gasteiger partial charge in [-0.2, -0.15) is 0 Å². The van der Waals surface area contributed by atoms with Gasteiger partial charge in [-0.25, -0.2) is 4.98 Å². The van der Waals surface area contributed by atoms with Crippen molar-refractivity contribution in [3.63, 3.8) is 0 Å². The lowest BCUT2D eigenvalue weighted by Gasteiger charge is -2.31. The molecule has 0 unspecified atom stereocenters. The number of carbonyl (C=O) groups is 6. The molecule has 1 fully saturated rings. The number of nitrogens with two attached hydrogens (primary N) is 3. The van der Waals surface area contributed by atoms with Gasteiger partial charge in [0, 0.05) is 25.6 Å². The molecule has 66 heavy (non-hydrogen) atoms. The van der Waals surface area contributed by atoms with Crippen molar-refractivity contribution in [3.05, 3.63) is 126 Å². The number of carbonyl (C=O) groups excluding carboxylic acids is 6. The number of nitrogens with zero attached hydrogens (tertiary/aromatic N) is 2. The summed E-state index contributed by atoms with van der Waals surface area (Å²) < 4.78 is 1.87. The Bertz CT molecular complexity index is 2170. The van der Waals surface area contributed by atoms with Crippen molar-refractivity contribution in [1.82, 2.24) is 36.1 Å². The van der Waals surface area contributed by atoms with Crippen LogP contribution in [0.3, 0.4) is 0 Å². The minimum Gasteiger partial charge on any atom is -0.368 e. The average Bonchev–Trinajstić information content (AvgIpc) is 3.77. The monoisotopic (exact) mass is 905 g/mol. The Hall–Kier alpha value is -6.39. The molecule has 7 atom stereocenters. The quantitative estimate of drug-likeness (QED) is 0.0486. The second-order valence-electron chi connectivity index (χ2n) is 17.5. The van der Waals surface area contributed by atoms with Crippen LogP contribution in [0.25, 0.3) is 0 Å². The fraction of sp³-hybridized carbons (Fsp3) is 0.460. The van der Waals surface area contributed by atoms with Crippen molar-refractivity contribution >= 4 is 35.4 Å². The minimum absolute atomic E-state index is 0.0183. The van der Waals surface area contributed by atoms with Gasteiger partial charge >= 0.3 is 0 Å². The molecule has 1 heterocycles. The predicted molar refractivity (Wildman–Crippen MR) is 253 cm³/mol. The summed E-state index contributed by atoms with van der Waals surface area (Å²) in [4.78, 5) is 88.0. The summed E-state index contributed by atoms with van der Waals surface area (Å²) in [7, 11) is 0. The second kappa shape index (κ2) is 25.9. The van der Waals surface area contributed by atoms with Crippen LogP contribution in [0, 0.1) is 11.8 Å². The molecular formula is C50H68N10O6. The number of benzene rings is 3. The highest BCUT2D eigenvalue weighted by atomic mass is 16.2. The van der Waals surface area contributed by atoms with Crippen LogP contribution in [-0.4, -0.2) is 81.7 Å². The molecule has 0 saturated heterocycles. The Kier molecular flexibility index (Phi) is 19.9. The summed E-state index contributed by atoms with van der Waals surface area (Å²) in [5.41, 5.74) is 20.5. The largest absolute Gasteiger partial charge is 0.368 e. The number of hydrogen-bond donors (Lipinski definition) is 8. The summed E-state index contributed by atoms with van der Waals surface area (Å²) in [5, 5.41) is 14.3. The van der Waals surface area contributed by atoms with Gasteiger partial charge in [-0.3, -0.25) is 28.8 Å². The molecule has 1 aliphatic carbocycles. The Morgan fingerprint density at radius 3 is 1.91 bits per heavy atom. The maximum Gasteiger partial charge on any atom is 0.247 e. The lowest BCUT2D eigenvalue weighted by Crippen LogP contribution is -2.60. The van der Waals surface area contributed by atoms with Gasteiger partial charge < -0.3 is 48.4 Å². The maximum absolute atomic E-state index is 14.5. The molecule has 1 saturated carbocycles. The number of rotatable bonds is 25. The Morgan fingerprint density at radius 1 is 0.697 bits per heavy atom. The summed E-state index contributed by atoms with van der Waals surface area (Å²) in [6, 6.07) is 21.1. The Morgan fingerprint density at radius 2 is 1.29 bits per heavy atom. The van der Waals surface area contributed by atoms with Gasteiger partial charge in [0.05, 0.1) is 18.1 Å². The van der Waals surface area contributed by atoms with E-state index in [-0.39, 0.29) is 18.8 Å². The first-order chi connectivity index (χ1) is 31.8. The van der Waals surface area contributed by atoms with E-state index in [1.807, 2.05) is 79.1 Å². The number of aromatic nitrogens is 2. The van der Waals surface area contributed by atoms with Crippen LogP contribution in [0.5, 0.6) is 0 Å². The van der Waals surface area contributed by atoms with E-state index in [4.69, 9.17) is 17.2 Å². The van der Waals surface area contributed by atoms with Crippen molar-refractivity contribution in [2.45, 2.75) is 127 Å². The molecule has 16 heteroatoms. The van der Waals surface area contributed by atoms with E-state index >= 15 is 0 Å². The van der Waals surface area contributed by atoms with Gasteiger partial charge in [0.15, 0.2) is 0 Å². The molecule has 3 aromatic carbocycles. The number of hydrogen-bond acceptors (Lipinski definition) is 9. The topological polar surface area (TPSA) is 258 Å². The number of imidazole rings is 1. The Balaban J connectivity index is 1.35. The third-order valence-corrected chi connectivity index (χ3v) is 12.3. The van der Waals surface area contributed by atoms with E-state index < -0.39 is 77.6 Å². The first-order valence-electron chi connectivity index (χ1n) is 23.2. The van der Waals surface area contributed by atoms with E-state index in [2.05, 4.69) is 31.6 Å². The van der Waals surface area contributed by atoms with Gasteiger partial charge in [0.1, 0.15) is 30.2 Å². The Labute approximate surface area is 388 Å². The zero-order valence-electron chi connectivity index (χ0n) is 38.2. The highest BCUT2D eigenvalue weighted by molar-refractivity contribution is 5.97. The average molecular weight is 905 g/mol. The van der Waals surface area contributed by atoms with E-state index in [0.29, 0.717) is 50.0 Å². The first-order valence-corrected chi connectivity index (χ1v) is 23.2. The molecule has 0 radical (unpaired) electrons. The van der Waals surface area contributed by atoms with Crippen molar-refractivity contribution in [1.29, 1.82) is 0 Å². The molecule has 11 N–H and O–H groups in total. The van der Waals surface area contributed by atoms with Crippen molar-refractivity contribution in [2.75, 3.05) is 6.54 Å². The van der Waals surface area contributed by atoms with Crippen LogP contribution in [0.15, 0.2) is 104 Å². The third-order valence-electron chi connectivity index (χ3n) is 12.3. The highest BCUT2D eigenvalue weighted by Crippen LogP contribution is 2.28. The van der Waals surface area contributed by atoms with Crippen LogP contribution < -0.4 is 43.8 Å². The van der Waals surface area contributed by atoms with Crippen LogP contribution in [-0.2, 0) is 48.2 Å². The molecule has 5 rings (SSSR count). The van der Waals surface area contributed by atoms with E-state index in [1.165, 1.54) is 0 Å². The maximum atomic E-state index is 14.5. The van der Waals surface area contributed by atoms with E-state index in [9.17, 15) is 28.8 Å². The fourth-order valence-corrected chi connectivity index (χ4v) is 8.28. The normalized spacial score (nSPS) is 16.0. The summed E-state index contributed by atoms with van der Waals surface area (Å²) in [6.07, 6.45) is 10.0. The van der Waals surface area contributed by atoms with Gasteiger partial charge in [0.25, 0.3) is 0 Å².